The summed E-state index contributed by atoms with van der Waals surface area (Å²) < 4.78 is 2.15. The second kappa shape index (κ2) is 9.13. The number of fused-ring (bicyclic) bond motifs is 1. The van der Waals surface area contributed by atoms with E-state index >= 15 is 0 Å². The first kappa shape index (κ1) is 20.8. The molecule has 1 N–H and O–H groups in total. The number of rotatable bonds is 6. The van der Waals surface area contributed by atoms with E-state index in [1.807, 2.05) is 0 Å². The first-order valence-corrected chi connectivity index (χ1v) is 11.2. The Kier molecular flexibility index (Phi) is 6.33. The molecule has 0 aliphatic heterocycles. The van der Waals surface area contributed by atoms with Crippen LogP contribution in [-0.2, 0) is 17.1 Å². The molecule has 11 heteroatoms. The van der Waals surface area contributed by atoms with Gasteiger partial charge in [-0.05, 0) is 29.8 Å². The SMILES string of the molecule is O=C(Cn1ncc(=O)c2ccccc21)Nc1nnc(SCc2c(Cl)cccc2Cl)s1. The Morgan fingerprint density at radius 1 is 1.10 bits per heavy atom. The van der Waals surface area contributed by atoms with Gasteiger partial charge < -0.3 is 0 Å². The largest absolute Gasteiger partial charge is 0.299 e. The average Bonchev–Trinajstić information content (AvgIpc) is 3.17. The summed E-state index contributed by atoms with van der Waals surface area (Å²) in [5.41, 5.74) is 1.22. The van der Waals surface area contributed by atoms with Gasteiger partial charge >= 0.3 is 0 Å². The number of benzene rings is 2. The molecule has 0 spiro atoms. The molecule has 2 aromatic carbocycles. The minimum absolute atomic E-state index is 0.0575. The van der Waals surface area contributed by atoms with Gasteiger partial charge in [0.15, 0.2) is 4.34 Å². The highest BCUT2D eigenvalue weighted by molar-refractivity contribution is 8.00. The van der Waals surface area contributed by atoms with Crippen LogP contribution in [0, 0.1) is 0 Å². The standard InChI is InChI=1S/C19H13Cl2N5O2S2/c20-13-5-3-6-14(21)12(13)10-29-19-25-24-18(30-19)23-17(28)9-26-15-7-2-1-4-11(15)16(27)8-22-26/h1-8H,9-10H2,(H,23,24,28). The zero-order valence-corrected chi connectivity index (χ0v) is 18.4. The second-order valence-electron chi connectivity index (χ2n) is 6.09. The Bertz CT molecular complexity index is 1270. The van der Waals surface area contributed by atoms with Crippen molar-refractivity contribution in [1.29, 1.82) is 0 Å². The molecular formula is C19H13Cl2N5O2S2. The second-order valence-corrected chi connectivity index (χ2v) is 9.11. The third-order valence-electron chi connectivity index (χ3n) is 4.11. The molecule has 0 aliphatic rings. The third-order valence-corrected chi connectivity index (χ3v) is 6.82. The quantitative estimate of drug-likeness (QED) is 0.325. The van der Waals surface area contributed by atoms with Gasteiger partial charge in [-0.2, -0.15) is 5.10 Å². The zero-order chi connectivity index (χ0) is 21.1. The highest BCUT2D eigenvalue weighted by Gasteiger charge is 2.13. The minimum Gasteiger partial charge on any atom is -0.299 e. The van der Waals surface area contributed by atoms with Crippen LogP contribution in [0.25, 0.3) is 10.9 Å². The maximum Gasteiger partial charge on any atom is 0.247 e. The molecule has 152 valence electrons. The Morgan fingerprint density at radius 3 is 2.67 bits per heavy atom. The molecule has 4 rings (SSSR count). The van der Waals surface area contributed by atoms with Gasteiger partial charge in [-0.25, -0.2) is 0 Å². The van der Waals surface area contributed by atoms with E-state index in [2.05, 4.69) is 20.6 Å². The summed E-state index contributed by atoms with van der Waals surface area (Å²) in [6.07, 6.45) is 1.20. The van der Waals surface area contributed by atoms with E-state index in [-0.39, 0.29) is 17.9 Å². The molecule has 0 aliphatic carbocycles. The molecule has 2 aromatic heterocycles. The number of nitrogens with one attached hydrogen (secondary N) is 1. The molecule has 30 heavy (non-hydrogen) atoms. The van der Waals surface area contributed by atoms with Crippen molar-refractivity contribution in [3.8, 4) is 0 Å². The van der Waals surface area contributed by atoms with Gasteiger partial charge in [0.1, 0.15) is 6.54 Å². The number of para-hydroxylation sites is 1. The lowest BCUT2D eigenvalue weighted by Crippen LogP contribution is -2.22. The van der Waals surface area contributed by atoms with E-state index in [9.17, 15) is 9.59 Å². The van der Waals surface area contributed by atoms with E-state index in [0.717, 1.165) is 5.56 Å². The van der Waals surface area contributed by atoms with Crippen molar-refractivity contribution in [2.24, 2.45) is 0 Å². The zero-order valence-electron chi connectivity index (χ0n) is 15.2. The van der Waals surface area contributed by atoms with Crippen LogP contribution < -0.4 is 10.7 Å². The fourth-order valence-corrected chi connectivity index (χ4v) is 5.21. The predicted molar refractivity (Wildman–Crippen MR) is 121 cm³/mol. The minimum atomic E-state index is -0.321. The molecule has 0 fully saturated rings. The van der Waals surface area contributed by atoms with Crippen LogP contribution in [0.2, 0.25) is 10.0 Å². The number of thioether (sulfide) groups is 1. The van der Waals surface area contributed by atoms with Crippen molar-refractivity contribution in [1.82, 2.24) is 20.0 Å². The van der Waals surface area contributed by atoms with Gasteiger partial charge in [-0.15, -0.1) is 10.2 Å². The molecule has 0 bridgehead atoms. The van der Waals surface area contributed by atoms with Crippen molar-refractivity contribution in [2.45, 2.75) is 16.6 Å². The van der Waals surface area contributed by atoms with Crippen LogP contribution in [-0.4, -0.2) is 25.9 Å². The molecule has 7 nitrogen and oxygen atoms in total. The lowest BCUT2D eigenvalue weighted by molar-refractivity contribution is -0.116. The molecule has 1 amide bonds. The van der Waals surface area contributed by atoms with Crippen molar-refractivity contribution < 1.29 is 4.79 Å². The first-order chi connectivity index (χ1) is 14.5. The molecule has 2 heterocycles. The molecule has 0 saturated carbocycles. The van der Waals surface area contributed by atoms with E-state index in [0.29, 0.717) is 36.2 Å². The Morgan fingerprint density at radius 2 is 1.87 bits per heavy atom. The summed E-state index contributed by atoms with van der Waals surface area (Å²) in [5, 5.41) is 16.9. The average molecular weight is 478 g/mol. The summed E-state index contributed by atoms with van der Waals surface area (Å²) in [6, 6.07) is 12.4. The van der Waals surface area contributed by atoms with Crippen molar-refractivity contribution in [3.63, 3.8) is 0 Å². The third kappa shape index (κ3) is 4.65. The van der Waals surface area contributed by atoms with Crippen LogP contribution in [0.3, 0.4) is 0 Å². The summed E-state index contributed by atoms with van der Waals surface area (Å²) in [4.78, 5) is 24.3. The normalized spacial score (nSPS) is 11.0. The lowest BCUT2D eigenvalue weighted by Gasteiger charge is -2.08. The maximum absolute atomic E-state index is 12.4. The Hall–Kier alpha value is -2.46. The topological polar surface area (TPSA) is 89.8 Å². The highest BCUT2D eigenvalue weighted by atomic mass is 35.5. The van der Waals surface area contributed by atoms with Gasteiger partial charge in [-0.1, -0.05) is 64.5 Å². The summed E-state index contributed by atoms with van der Waals surface area (Å²) in [7, 11) is 0. The lowest BCUT2D eigenvalue weighted by atomic mass is 10.2. The van der Waals surface area contributed by atoms with Crippen molar-refractivity contribution in [2.75, 3.05) is 5.32 Å². The van der Waals surface area contributed by atoms with Gasteiger partial charge in [-0.3, -0.25) is 19.6 Å². The van der Waals surface area contributed by atoms with Crippen LogP contribution in [0.15, 0.2) is 57.8 Å². The summed E-state index contributed by atoms with van der Waals surface area (Å²) in [6.45, 7) is -0.0575. The van der Waals surface area contributed by atoms with Crippen molar-refractivity contribution >= 4 is 68.2 Å². The van der Waals surface area contributed by atoms with Crippen LogP contribution in [0.5, 0.6) is 0 Å². The number of carbonyl (C=O) groups is 1. The molecule has 4 aromatic rings. The van der Waals surface area contributed by atoms with Crippen LogP contribution in [0.4, 0.5) is 5.13 Å². The van der Waals surface area contributed by atoms with Gasteiger partial charge in [0.05, 0.1) is 11.7 Å². The number of aromatic nitrogens is 4. The van der Waals surface area contributed by atoms with Crippen molar-refractivity contribution in [3.05, 3.63) is 74.5 Å². The molecule has 0 unspecified atom stereocenters. The van der Waals surface area contributed by atoms with E-state index < -0.39 is 0 Å². The van der Waals surface area contributed by atoms with Gasteiger partial charge in [0.2, 0.25) is 16.5 Å². The number of hydrogen-bond donors (Lipinski definition) is 1. The predicted octanol–water partition coefficient (Wildman–Crippen LogP) is 4.49. The fourth-order valence-electron chi connectivity index (χ4n) is 2.70. The highest BCUT2D eigenvalue weighted by Crippen LogP contribution is 2.33. The first-order valence-electron chi connectivity index (χ1n) is 8.65. The number of nitrogens with zero attached hydrogens (tertiary/aromatic N) is 4. The smallest absolute Gasteiger partial charge is 0.247 e. The molecular weight excluding hydrogens is 465 g/mol. The van der Waals surface area contributed by atoms with E-state index in [4.69, 9.17) is 23.2 Å². The van der Waals surface area contributed by atoms with E-state index in [1.54, 1.807) is 42.5 Å². The molecule has 0 radical (unpaired) electrons. The van der Waals surface area contributed by atoms with Gasteiger partial charge in [0.25, 0.3) is 0 Å². The number of anilines is 1. The fraction of sp³-hybridized carbons (Fsp3) is 0.105. The summed E-state index contributed by atoms with van der Waals surface area (Å²) in [5.74, 6) is 0.215. The molecule has 0 saturated heterocycles. The number of halogens is 2. The Labute approximate surface area is 189 Å². The monoisotopic (exact) mass is 477 g/mol. The Balaban J connectivity index is 1.41. The number of hydrogen-bond acceptors (Lipinski definition) is 7. The maximum atomic E-state index is 12.4. The van der Waals surface area contributed by atoms with Crippen LogP contribution >= 0.6 is 46.3 Å². The van der Waals surface area contributed by atoms with Crippen LogP contribution in [0.1, 0.15) is 5.56 Å². The van der Waals surface area contributed by atoms with Gasteiger partial charge in [0, 0.05) is 21.2 Å². The molecule has 0 atom stereocenters. The number of carbonyl (C=O) groups excluding carboxylic acids is 1. The van der Waals surface area contributed by atoms with E-state index in [1.165, 1.54) is 34.0 Å². The summed E-state index contributed by atoms with van der Waals surface area (Å²) >= 11 is 15.0. The number of amides is 1.